The molecule has 2 N–H and O–H groups in total. The molecule has 0 spiro atoms. The molecule has 14 heavy (non-hydrogen) atoms. The molecule has 1 amide bonds. The minimum Gasteiger partial charge on any atom is -0.480 e. The Bertz CT molecular complexity index is 206. The van der Waals surface area contributed by atoms with E-state index in [4.69, 9.17) is 5.11 Å². The van der Waals surface area contributed by atoms with Crippen molar-refractivity contribution in [2.24, 2.45) is 0 Å². The van der Waals surface area contributed by atoms with Crippen LogP contribution in [0.25, 0.3) is 0 Å². The molecule has 0 aliphatic carbocycles. The van der Waals surface area contributed by atoms with E-state index < -0.39 is 5.97 Å². The first-order chi connectivity index (χ1) is 6.47. The van der Waals surface area contributed by atoms with Gasteiger partial charge in [0.1, 0.15) is 6.54 Å². The van der Waals surface area contributed by atoms with Gasteiger partial charge < -0.3 is 15.3 Å². The van der Waals surface area contributed by atoms with Crippen molar-refractivity contribution >= 4 is 11.9 Å². The number of nitrogens with zero attached hydrogens (tertiary/aromatic N) is 1. The van der Waals surface area contributed by atoms with Crippen LogP contribution in [0.2, 0.25) is 0 Å². The van der Waals surface area contributed by atoms with Gasteiger partial charge in [-0.2, -0.15) is 0 Å². The van der Waals surface area contributed by atoms with Crippen molar-refractivity contribution in [3.63, 3.8) is 0 Å². The highest BCUT2D eigenvalue weighted by molar-refractivity contribution is 5.81. The van der Waals surface area contributed by atoms with Crippen LogP contribution in [0.4, 0.5) is 0 Å². The molecule has 0 fully saturated rings. The first kappa shape index (κ1) is 12.9. The normalized spacial score (nSPS) is 12.2. The molecule has 5 heteroatoms. The molecule has 0 aliphatic rings. The number of rotatable bonds is 6. The summed E-state index contributed by atoms with van der Waals surface area (Å²) in [6.45, 7) is 4.42. The highest BCUT2D eigenvalue weighted by Gasteiger charge is 2.14. The van der Waals surface area contributed by atoms with Crippen LogP contribution in [0.3, 0.4) is 0 Å². The van der Waals surface area contributed by atoms with Crippen LogP contribution in [-0.2, 0) is 9.59 Å². The van der Waals surface area contributed by atoms with Crippen molar-refractivity contribution in [1.29, 1.82) is 0 Å². The molecule has 0 aromatic heterocycles. The van der Waals surface area contributed by atoms with Crippen LogP contribution in [-0.4, -0.2) is 48.1 Å². The van der Waals surface area contributed by atoms with Gasteiger partial charge in [-0.15, -0.1) is 0 Å². The molecule has 1 unspecified atom stereocenters. The summed E-state index contributed by atoms with van der Waals surface area (Å²) in [4.78, 5) is 22.9. The third-order valence-corrected chi connectivity index (χ3v) is 1.83. The molecular formula is C9H18N2O3. The topological polar surface area (TPSA) is 69.6 Å². The molecule has 0 saturated heterocycles. The average Bonchev–Trinajstić information content (AvgIpc) is 2.02. The highest BCUT2D eigenvalue weighted by Crippen LogP contribution is 1.96. The third-order valence-electron chi connectivity index (χ3n) is 1.83. The summed E-state index contributed by atoms with van der Waals surface area (Å²) in [5.74, 6) is -1.14. The van der Waals surface area contributed by atoms with Gasteiger partial charge in [0.05, 0.1) is 0 Å². The van der Waals surface area contributed by atoms with Crippen molar-refractivity contribution in [2.75, 3.05) is 20.1 Å². The monoisotopic (exact) mass is 202 g/mol. The Labute approximate surface area is 84.1 Å². The number of carboxylic acids is 1. The lowest BCUT2D eigenvalue weighted by molar-refractivity contribution is -0.143. The van der Waals surface area contributed by atoms with Crippen LogP contribution in [0.5, 0.6) is 0 Å². The van der Waals surface area contributed by atoms with Gasteiger partial charge in [0, 0.05) is 19.5 Å². The zero-order chi connectivity index (χ0) is 11.1. The third kappa shape index (κ3) is 5.53. The zero-order valence-corrected chi connectivity index (χ0v) is 8.91. The van der Waals surface area contributed by atoms with Gasteiger partial charge in [-0.3, -0.25) is 9.59 Å². The van der Waals surface area contributed by atoms with E-state index in [1.54, 1.807) is 0 Å². The lowest BCUT2D eigenvalue weighted by Crippen LogP contribution is -2.37. The molecule has 5 nitrogen and oxygen atoms in total. The van der Waals surface area contributed by atoms with Crippen molar-refractivity contribution in [3.8, 4) is 0 Å². The summed E-state index contributed by atoms with van der Waals surface area (Å²) >= 11 is 0. The maximum atomic E-state index is 11.4. The minimum atomic E-state index is -0.989. The maximum absolute atomic E-state index is 11.4. The second-order valence-corrected chi connectivity index (χ2v) is 3.31. The van der Waals surface area contributed by atoms with E-state index in [1.165, 1.54) is 11.9 Å². The number of amides is 1. The Morgan fingerprint density at radius 1 is 1.50 bits per heavy atom. The summed E-state index contributed by atoms with van der Waals surface area (Å²) in [5, 5.41) is 11.6. The standard InChI is InChI=1S/C9H18N2O3/c1-4-10-7(2)5-8(12)11(3)6-9(13)14/h7,10H,4-6H2,1-3H3,(H,13,14). The zero-order valence-electron chi connectivity index (χ0n) is 8.91. The van der Waals surface area contributed by atoms with E-state index in [1.807, 2.05) is 13.8 Å². The summed E-state index contributed by atoms with van der Waals surface area (Å²) in [6.07, 6.45) is 0.331. The number of aliphatic carboxylic acids is 1. The number of carbonyl (C=O) groups is 2. The molecule has 0 rings (SSSR count). The van der Waals surface area contributed by atoms with Gasteiger partial charge >= 0.3 is 5.97 Å². The summed E-state index contributed by atoms with van der Waals surface area (Å²) in [5.41, 5.74) is 0. The largest absolute Gasteiger partial charge is 0.480 e. The van der Waals surface area contributed by atoms with Gasteiger partial charge in [0.25, 0.3) is 0 Å². The molecule has 0 aromatic carbocycles. The van der Waals surface area contributed by atoms with Crippen LogP contribution in [0.1, 0.15) is 20.3 Å². The number of nitrogens with one attached hydrogen (secondary N) is 1. The van der Waals surface area contributed by atoms with Crippen molar-refractivity contribution in [3.05, 3.63) is 0 Å². The first-order valence-electron chi connectivity index (χ1n) is 4.66. The van der Waals surface area contributed by atoms with E-state index >= 15 is 0 Å². The molecule has 0 heterocycles. The van der Waals surface area contributed by atoms with E-state index in [0.717, 1.165) is 6.54 Å². The van der Waals surface area contributed by atoms with Crippen LogP contribution < -0.4 is 5.32 Å². The fourth-order valence-electron chi connectivity index (χ4n) is 1.13. The molecule has 0 saturated carbocycles. The van der Waals surface area contributed by atoms with Crippen molar-refractivity contribution < 1.29 is 14.7 Å². The Kier molecular flexibility index (Phi) is 5.87. The van der Waals surface area contributed by atoms with Crippen molar-refractivity contribution in [1.82, 2.24) is 10.2 Å². The molecule has 0 aliphatic heterocycles. The first-order valence-corrected chi connectivity index (χ1v) is 4.66. The van der Waals surface area contributed by atoms with Gasteiger partial charge in [-0.1, -0.05) is 6.92 Å². The van der Waals surface area contributed by atoms with Gasteiger partial charge in [-0.25, -0.2) is 0 Å². The number of likely N-dealkylation sites (N-methyl/N-ethyl adjacent to an activating group) is 1. The quantitative estimate of drug-likeness (QED) is 0.632. The molecule has 0 bridgehead atoms. The lowest BCUT2D eigenvalue weighted by Gasteiger charge is -2.17. The minimum absolute atomic E-state index is 0.0868. The second kappa shape index (κ2) is 6.37. The highest BCUT2D eigenvalue weighted by atomic mass is 16.4. The van der Waals surface area contributed by atoms with E-state index in [2.05, 4.69) is 5.32 Å². The summed E-state index contributed by atoms with van der Waals surface area (Å²) in [6, 6.07) is 0.0868. The predicted molar refractivity (Wildman–Crippen MR) is 53.0 cm³/mol. The molecule has 0 aromatic rings. The van der Waals surface area contributed by atoms with Gasteiger partial charge in [0.15, 0.2) is 0 Å². The van der Waals surface area contributed by atoms with Gasteiger partial charge in [-0.05, 0) is 13.5 Å². The van der Waals surface area contributed by atoms with Crippen LogP contribution >= 0.6 is 0 Å². The number of carboxylic acid groups (broad SMARTS) is 1. The Morgan fingerprint density at radius 2 is 2.07 bits per heavy atom. The lowest BCUT2D eigenvalue weighted by atomic mass is 10.2. The van der Waals surface area contributed by atoms with Crippen LogP contribution in [0, 0.1) is 0 Å². The summed E-state index contributed by atoms with van der Waals surface area (Å²) < 4.78 is 0. The van der Waals surface area contributed by atoms with Gasteiger partial charge in [0.2, 0.25) is 5.91 Å². The van der Waals surface area contributed by atoms with E-state index in [9.17, 15) is 9.59 Å². The maximum Gasteiger partial charge on any atom is 0.323 e. The summed E-state index contributed by atoms with van der Waals surface area (Å²) in [7, 11) is 1.50. The average molecular weight is 202 g/mol. The second-order valence-electron chi connectivity index (χ2n) is 3.31. The molecular weight excluding hydrogens is 184 g/mol. The molecule has 1 atom stereocenters. The Morgan fingerprint density at radius 3 is 2.50 bits per heavy atom. The SMILES string of the molecule is CCNC(C)CC(=O)N(C)CC(=O)O. The van der Waals surface area contributed by atoms with E-state index in [-0.39, 0.29) is 18.5 Å². The number of hydrogen-bond acceptors (Lipinski definition) is 3. The fourth-order valence-corrected chi connectivity index (χ4v) is 1.13. The fraction of sp³-hybridized carbons (Fsp3) is 0.778. The Hall–Kier alpha value is -1.10. The van der Waals surface area contributed by atoms with Crippen molar-refractivity contribution in [2.45, 2.75) is 26.3 Å². The predicted octanol–water partition coefficient (Wildman–Crippen LogP) is -0.0825. The van der Waals surface area contributed by atoms with E-state index in [0.29, 0.717) is 6.42 Å². The number of carbonyl (C=O) groups excluding carboxylic acids is 1. The smallest absolute Gasteiger partial charge is 0.323 e. The molecule has 82 valence electrons. The number of hydrogen-bond donors (Lipinski definition) is 2. The van der Waals surface area contributed by atoms with Crippen LogP contribution in [0.15, 0.2) is 0 Å². The Balaban J connectivity index is 3.88. The molecule has 0 radical (unpaired) electrons.